The Labute approximate surface area is 184 Å². The van der Waals surface area contributed by atoms with E-state index in [0.717, 1.165) is 0 Å². The number of carbonyl (C=O) groups is 3. The third-order valence-corrected chi connectivity index (χ3v) is 4.74. The Morgan fingerprint density at radius 2 is 1.84 bits per heavy atom. The number of rotatable bonds is 9. The highest BCUT2D eigenvalue weighted by Crippen LogP contribution is 2.37. The highest BCUT2D eigenvalue weighted by molar-refractivity contribution is 6.34. The van der Waals surface area contributed by atoms with Crippen molar-refractivity contribution in [1.29, 1.82) is 0 Å². The smallest absolute Gasteiger partial charge is 0.252 e. The maximum atomic E-state index is 12.4. The maximum absolute atomic E-state index is 12.4. The molecule has 0 radical (unpaired) electrons. The summed E-state index contributed by atoms with van der Waals surface area (Å²) in [6.45, 7) is 2.15. The average molecular weight is 448 g/mol. The van der Waals surface area contributed by atoms with Gasteiger partial charge in [0.2, 0.25) is 12.7 Å². The van der Waals surface area contributed by atoms with Crippen molar-refractivity contribution in [1.82, 2.24) is 5.32 Å². The number of amides is 2. The fourth-order valence-electron chi connectivity index (χ4n) is 2.88. The topological polar surface area (TPSA) is 115 Å². The molecule has 2 aromatic carbocycles. The summed E-state index contributed by atoms with van der Waals surface area (Å²) in [5.41, 5.74) is 1.54. The molecule has 2 amide bonds. The molecule has 0 unspecified atom stereocenters. The summed E-state index contributed by atoms with van der Waals surface area (Å²) in [6, 6.07) is 7.87. The van der Waals surface area contributed by atoms with Crippen molar-refractivity contribution in [2.45, 2.75) is 6.92 Å². The van der Waals surface area contributed by atoms with E-state index in [1.54, 1.807) is 37.4 Å². The van der Waals surface area contributed by atoms with E-state index in [4.69, 9.17) is 25.8 Å². The van der Waals surface area contributed by atoms with E-state index in [9.17, 15) is 14.4 Å². The first-order valence-corrected chi connectivity index (χ1v) is 9.82. The van der Waals surface area contributed by atoms with Crippen LogP contribution in [0.1, 0.15) is 27.6 Å². The molecule has 1 heterocycles. The van der Waals surface area contributed by atoms with Crippen molar-refractivity contribution >= 4 is 40.6 Å². The number of Topliss-reactive ketones (excluding diaryl/α,β-unsaturated/α-hetero) is 1. The van der Waals surface area contributed by atoms with Gasteiger partial charge in [-0.05, 0) is 31.2 Å². The zero-order valence-corrected chi connectivity index (χ0v) is 17.8. The molecule has 1 aliphatic rings. The first-order chi connectivity index (χ1) is 14.9. The number of hydrogen-bond acceptors (Lipinski definition) is 7. The summed E-state index contributed by atoms with van der Waals surface area (Å²) in [4.78, 5) is 36.4. The van der Waals surface area contributed by atoms with E-state index in [1.165, 1.54) is 6.92 Å². The Kier molecular flexibility index (Phi) is 7.32. The minimum Gasteiger partial charge on any atom is -0.454 e. The van der Waals surface area contributed by atoms with Crippen LogP contribution in [0.4, 0.5) is 11.4 Å². The fraction of sp³-hybridized carbons (Fsp3) is 0.286. The van der Waals surface area contributed by atoms with E-state index in [-0.39, 0.29) is 36.0 Å². The molecule has 164 valence electrons. The van der Waals surface area contributed by atoms with Crippen LogP contribution in [-0.2, 0) is 9.53 Å². The maximum Gasteiger partial charge on any atom is 0.252 e. The summed E-state index contributed by atoms with van der Waals surface area (Å²) < 4.78 is 15.5. The molecular weight excluding hydrogens is 426 g/mol. The highest BCUT2D eigenvalue weighted by Gasteiger charge is 2.20. The number of anilines is 2. The van der Waals surface area contributed by atoms with Gasteiger partial charge in [-0.3, -0.25) is 14.4 Å². The van der Waals surface area contributed by atoms with E-state index in [0.29, 0.717) is 47.2 Å². The van der Waals surface area contributed by atoms with Crippen LogP contribution < -0.4 is 25.4 Å². The molecule has 2 aromatic rings. The molecule has 3 N–H and O–H groups in total. The van der Waals surface area contributed by atoms with E-state index < -0.39 is 0 Å². The summed E-state index contributed by atoms with van der Waals surface area (Å²) in [5, 5.41) is 8.57. The molecule has 9 nitrogen and oxygen atoms in total. The Hall–Kier alpha value is -3.30. The van der Waals surface area contributed by atoms with Crippen LogP contribution in [0, 0.1) is 0 Å². The first-order valence-electron chi connectivity index (χ1n) is 9.44. The second-order valence-electron chi connectivity index (χ2n) is 6.65. The zero-order valence-electron chi connectivity index (χ0n) is 17.0. The quantitative estimate of drug-likeness (QED) is 0.400. The molecule has 10 heteroatoms. The number of methoxy groups -OCH3 is 1. The Morgan fingerprint density at radius 3 is 2.52 bits per heavy atom. The van der Waals surface area contributed by atoms with Gasteiger partial charge in [-0.1, -0.05) is 11.6 Å². The van der Waals surface area contributed by atoms with Crippen molar-refractivity contribution in [3.8, 4) is 11.5 Å². The Bertz CT molecular complexity index is 1010. The van der Waals surface area contributed by atoms with Crippen LogP contribution in [0.25, 0.3) is 0 Å². The molecule has 0 fully saturated rings. The van der Waals surface area contributed by atoms with Crippen LogP contribution in [0.5, 0.6) is 11.5 Å². The molecule has 0 saturated heterocycles. The number of ketones is 1. The summed E-state index contributed by atoms with van der Waals surface area (Å²) >= 11 is 6.20. The van der Waals surface area contributed by atoms with Gasteiger partial charge in [-0.2, -0.15) is 0 Å². The van der Waals surface area contributed by atoms with Crippen molar-refractivity contribution in [2.24, 2.45) is 0 Å². The van der Waals surface area contributed by atoms with Gasteiger partial charge in [0.25, 0.3) is 5.91 Å². The van der Waals surface area contributed by atoms with Gasteiger partial charge in [-0.25, -0.2) is 0 Å². The van der Waals surface area contributed by atoms with E-state index >= 15 is 0 Å². The number of halogens is 1. The second-order valence-corrected chi connectivity index (χ2v) is 7.06. The lowest BCUT2D eigenvalue weighted by atomic mass is 10.1. The van der Waals surface area contributed by atoms with E-state index in [2.05, 4.69) is 16.0 Å². The molecule has 0 bridgehead atoms. The first kappa shape index (κ1) is 22.4. The molecule has 31 heavy (non-hydrogen) atoms. The lowest BCUT2D eigenvalue weighted by Gasteiger charge is -2.12. The van der Waals surface area contributed by atoms with Crippen LogP contribution in [0.3, 0.4) is 0 Å². The number of ether oxygens (including phenoxy) is 3. The van der Waals surface area contributed by atoms with Crippen molar-refractivity contribution in [2.75, 3.05) is 44.2 Å². The van der Waals surface area contributed by atoms with Gasteiger partial charge < -0.3 is 30.2 Å². The van der Waals surface area contributed by atoms with Gasteiger partial charge in [-0.15, -0.1) is 0 Å². The lowest BCUT2D eigenvalue weighted by Crippen LogP contribution is -2.27. The van der Waals surface area contributed by atoms with Gasteiger partial charge in [0.05, 0.1) is 29.4 Å². The molecule has 0 aliphatic carbocycles. The average Bonchev–Trinajstić information content (AvgIpc) is 3.19. The van der Waals surface area contributed by atoms with Crippen LogP contribution in [0.2, 0.25) is 5.02 Å². The monoisotopic (exact) mass is 447 g/mol. The van der Waals surface area contributed by atoms with Crippen LogP contribution in [-0.4, -0.2) is 51.2 Å². The Balaban J connectivity index is 1.61. The molecular formula is C21H22ClN3O6. The zero-order chi connectivity index (χ0) is 22.4. The van der Waals surface area contributed by atoms with Crippen molar-refractivity contribution < 1.29 is 28.6 Å². The number of benzene rings is 2. The van der Waals surface area contributed by atoms with Crippen LogP contribution >= 0.6 is 11.6 Å². The van der Waals surface area contributed by atoms with E-state index in [1.807, 2.05) is 0 Å². The predicted molar refractivity (Wildman–Crippen MR) is 115 cm³/mol. The number of hydrogen-bond donors (Lipinski definition) is 3. The number of nitrogens with one attached hydrogen (secondary N) is 3. The third kappa shape index (κ3) is 5.65. The minimum absolute atomic E-state index is 0.0623. The van der Waals surface area contributed by atoms with Gasteiger partial charge in [0, 0.05) is 31.0 Å². The second kappa shape index (κ2) is 10.1. The fourth-order valence-corrected chi connectivity index (χ4v) is 3.15. The Morgan fingerprint density at radius 1 is 1.10 bits per heavy atom. The largest absolute Gasteiger partial charge is 0.454 e. The summed E-state index contributed by atoms with van der Waals surface area (Å²) in [5.74, 6) is 0.0132. The van der Waals surface area contributed by atoms with Crippen molar-refractivity contribution in [3.63, 3.8) is 0 Å². The molecule has 0 atom stereocenters. The number of carbonyl (C=O) groups excluding carboxylic acids is 3. The predicted octanol–water partition coefficient (Wildman–Crippen LogP) is 2.70. The van der Waals surface area contributed by atoms with Gasteiger partial charge in [0.1, 0.15) is 0 Å². The normalized spacial score (nSPS) is 11.7. The highest BCUT2D eigenvalue weighted by atomic mass is 35.5. The third-order valence-electron chi connectivity index (χ3n) is 4.42. The van der Waals surface area contributed by atoms with Gasteiger partial charge >= 0.3 is 0 Å². The lowest BCUT2D eigenvalue weighted by molar-refractivity contribution is -0.114. The summed E-state index contributed by atoms with van der Waals surface area (Å²) in [6.07, 6.45) is 0. The number of fused-ring (bicyclic) bond motifs is 1. The molecule has 1 aliphatic heterocycles. The minimum atomic E-state index is -0.376. The summed E-state index contributed by atoms with van der Waals surface area (Å²) in [7, 11) is 1.54. The SMILES string of the molecule is COCCNC(=O)c1ccc(NCC(=O)Nc2cc3c(cc2C(C)=O)OCO3)cc1Cl. The molecule has 0 saturated carbocycles. The van der Waals surface area contributed by atoms with Crippen LogP contribution in [0.15, 0.2) is 30.3 Å². The molecule has 0 aromatic heterocycles. The molecule has 0 spiro atoms. The standard InChI is InChI=1S/C21H22ClN3O6/c1-12(26)15-8-18-19(31-11-30-18)9-17(15)25-20(27)10-24-13-3-4-14(16(22)7-13)21(28)23-5-6-29-2/h3-4,7-9,24H,5-6,10-11H2,1-2H3,(H,23,28)(H,25,27). The van der Waals surface area contributed by atoms with Gasteiger partial charge in [0.15, 0.2) is 17.3 Å². The molecule has 3 rings (SSSR count). The van der Waals surface area contributed by atoms with Crippen molar-refractivity contribution in [3.05, 3.63) is 46.5 Å².